The number of carbonyl (C=O) groups excluding carboxylic acids is 1. The number of benzene rings is 3. The highest BCUT2D eigenvalue weighted by Gasteiger charge is 2.22. The van der Waals surface area contributed by atoms with Crippen LogP contribution in [0.5, 0.6) is 17.2 Å². The fourth-order valence-electron chi connectivity index (χ4n) is 2.98. The number of nitriles is 1. The Morgan fingerprint density at radius 2 is 1.72 bits per heavy atom. The van der Waals surface area contributed by atoms with Gasteiger partial charge in [-0.2, -0.15) is 5.26 Å². The predicted molar refractivity (Wildman–Crippen MR) is 131 cm³/mol. The van der Waals surface area contributed by atoms with Crippen molar-refractivity contribution in [2.24, 2.45) is 0 Å². The summed E-state index contributed by atoms with van der Waals surface area (Å²) in [6, 6.07) is 15.6. The summed E-state index contributed by atoms with van der Waals surface area (Å²) in [6.07, 6.45) is 1.34. The summed E-state index contributed by atoms with van der Waals surface area (Å²) in [6.45, 7) is 1.93. The highest BCUT2D eigenvalue weighted by Crippen LogP contribution is 2.38. The number of nitrogens with one attached hydrogen (secondary N) is 1. The lowest BCUT2D eigenvalue weighted by Gasteiger charge is -2.12. The summed E-state index contributed by atoms with van der Waals surface area (Å²) >= 11 is 5.83. The van der Waals surface area contributed by atoms with Gasteiger partial charge in [0, 0.05) is 16.8 Å². The largest absolute Gasteiger partial charge is 0.490 e. The Bertz CT molecular complexity index is 1400. The molecule has 0 aliphatic carbocycles. The summed E-state index contributed by atoms with van der Waals surface area (Å²) in [5, 5.41) is 34.9. The number of nitro benzene ring substituents is 2. The minimum atomic E-state index is -0.793. The van der Waals surface area contributed by atoms with Crippen molar-refractivity contribution in [2.75, 3.05) is 11.9 Å². The predicted octanol–water partition coefficient (Wildman–Crippen LogP) is 5.89. The van der Waals surface area contributed by atoms with E-state index in [1.54, 1.807) is 31.2 Å². The third-order valence-corrected chi connectivity index (χ3v) is 4.87. The van der Waals surface area contributed by atoms with Crippen LogP contribution in [0.1, 0.15) is 12.5 Å². The molecule has 12 heteroatoms. The number of anilines is 1. The average Bonchev–Trinajstić information content (AvgIpc) is 2.85. The van der Waals surface area contributed by atoms with Gasteiger partial charge in [-0.3, -0.25) is 25.0 Å². The van der Waals surface area contributed by atoms with Crippen LogP contribution in [0.15, 0.2) is 66.2 Å². The third kappa shape index (κ3) is 6.34. The number of amides is 1. The molecule has 0 fully saturated rings. The number of non-ortho nitro benzene ring substituents is 1. The zero-order valence-corrected chi connectivity index (χ0v) is 19.4. The van der Waals surface area contributed by atoms with Crippen molar-refractivity contribution in [1.82, 2.24) is 0 Å². The van der Waals surface area contributed by atoms with E-state index in [1.165, 1.54) is 24.3 Å². The second kappa shape index (κ2) is 11.5. The lowest BCUT2D eigenvalue weighted by atomic mass is 10.1. The van der Waals surface area contributed by atoms with Crippen LogP contribution in [-0.4, -0.2) is 22.4 Å². The Morgan fingerprint density at radius 1 is 1.03 bits per heavy atom. The van der Waals surface area contributed by atoms with Gasteiger partial charge in [-0.1, -0.05) is 17.7 Å². The number of nitro groups is 2. The molecule has 11 nitrogen and oxygen atoms in total. The maximum absolute atomic E-state index is 12.5. The molecule has 0 heterocycles. The van der Waals surface area contributed by atoms with Gasteiger partial charge in [-0.05, 0) is 61.0 Å². The van der Waals surface area contributed by atoms with Crippen LogP contribution in [-0.2, 0) is 4.79 Å². The van der Waals surface area contributed by atoms with E-state index in [9.17, 15) is 30.3 Å². The summed E-state index contributed by atoms with van der Waals surface area (Å²) in [4.78, 5) is 33.3. The van der Waals surface area contributed by atoms with E-state index >= 15 is 0 Å². The normalized spacial score (nSPS) is 10.8. The maximum Gasteiger partial charge on any atom is 0.318 e. The van der Waals surface area contributed by atoms with Crippen molar-refractivity contribution in [1.29, 1.82) is 5.26 Å². The molecule has 1 amide bonds. The lowest BCUT2D eigenvalue weighted by Crippen LogP contribution is -2.13. The molecule has 0 radical (unpaired) electrons. The molecule has 3 aromatic rings. The van der Waals surface area contributed by atoms with Gasteiger partial charge >= 0.3 is 5.69 Å². The maximum atomic E-state index is 12.5. The van der Waals surface area contributed by atoms with Crippen LogP contribution in [0.3, 0.4) is 0 Å². The molecule has 0 atom stereocenters. The monoisotopic (exact) mass is 508 g/mol. The molecule has 0 bridgehead atoms. The first-order valence-corrected chi connectivity index (χ1v) is 10.7. The highest BCUT2D eigenvalue weighted by molar-refractivity contribution is 6.30. The summed E-state index contributed by atoms with van der Waals surface area (Å²) in [7, 11) is 0. The Labute approximate surface area is 209 Å². The zero-order chi connectivity index (χ0) is 26.2. The second-order valence-electron chi connectivity index (χ2n) is 7.04. The van der Waals surface area contributed by atoms with Gasteiger partial charge in [0.2, 0.25) is 5.75 Å². The first kappa shape index (κ1) is 25.7. The molecule has 3 aromatic carbocycles. The molecule has 0 spiro atoms. The number of halogens is 1. The number of carbonyl (C=O) groups is 1. The third-order valence-electron chi connectivity index (χ3n) is 4.62. The second-order valence-corrected chi connectivity index (χ2v) is 7.47. The van der Waals surface area contributed by atoms with Crippen molar-refractivity contribution in [3.8, 4) is 23.3 Å². The molecule has 0 saturated heterocycles. The van der Waals surface area contributed by atoms with E-state index < -0.39 is 27.1 Å². The molecule has 0 aliphatic heterocycles. The standard InChI is InChI=1S/C24H17ClN4O7/c1-2-35-23-12-15(11-16(14-26)24(30)27-18-6-4-17(25)5-7-18)3-9-22(23)36-21-10-8-19(28(31)32)13-20(21)29(33)34/h3-13H,2H2,1H3,(H,27,30)/b16-11-. The zero-order valence-electron chi connectivity index (χ0n) is 18.6. The summed E-state index contributed by atoms with van der Waals surface area (Å²) < 4.78 is 11.2. The van der Waals surface area contributed by atoms with Crippen LogP contribution in [0.4, 0.5) is 17.1 Å². The Balaban J connectivity index is 1.90. The smallest absolute Gasteiger partial charge is 0.318 e. The fraction of sp³-hybridized carbons (Fsp3) is 0.0833. The van der Waals surface area contributed by atoms with Gasteiger partial charge < -0.3 is 14.8 Å². The number of nitrogens with zero attached hydrogens (tertiary/aromatic N) is 3. The van der Waals surface area contributed by atoms with Gasteiger partial charge in [-0.25, -0.2) is 0 Å². The molecule has 0 unspecified atom stereocenters. The van der Waals surface area contributed by atoms with E-state index in [4.69, 9.17) is 21.1 Å². The van der Waals surface area contributed by atoms with Crippen LogP contribution < -0.4 is 14.8 Å². The minimum Gasteiger partial charge on any atom is -0.490 e. The average molecular weight is 509 g/mol. The van der Waals surface area contributed by atoms with E-state index in [0.717, 1.165) is 18.2 Å². The number of rotatable bonds is 9. The molecule has 0 aromatic heterocycles. The van der Waals surface area contributed by atoms with Crippen molar-refractivity contribution in [3.63, 3.8) is 0 Å². The molecular weight excluding hydrogens is 492 g/mol. The summed E-state index contributed by atoms with van der Waals surface area (Å²) in [5.74, 6) is -0.598. The Hall–Kier alpha value is -4.95. The van der Waals surface area contributed by atoms with Crippen LogP contribution in [0, 0.1) is 31.6 Å². The van der Waals surface area contributed by atoms with E-state index in [1.807, 2.05) is 6.07 Å². The molecule has 1 N–H and O–H groups in total. The molecule has 0 aliphatic rings. The van der Waals surface area contributed by atoms with E-state index in [-0.39, 0.29) is 29.4 Å². The van der Waals surface area contributed by atoms with Crippen molar-refractivity contribution < 1.29 is 24.1 Å². The van der Waals surface area contributed by atoms with Gasteiger partial charge in [0.25, 0.3) is 11.6 Å². The van der Waals surface area contributed by atoms with E-state index in [2.05, 4.69) is 5.32 Å². The SMILES string of the molecule is CCOc1cc(/C=C(/C#N)C(=O)Nc2ccc(Cl)cc2)ccc1Oc1ccc([N+](=O)[O-])cc1[N+](=O)[O-]. The lowest BCUT2D eigenvalue weighted by molar-refractivity contribution is -0.394. The van der Waals surface area contributed by atoms with Crippen LogP contribution in [0.2, 0.25) is 5.02 Å². The Morgan fingerprint density at radius 3 is 2.33 bits per heavy atom. The fourth-order valence-corrected chi connectivity index (χ4v) is 3.11. The first-order valence-electron chi connectivity index (χ1n) is 10.3. The molecule has 36 heavy (non-hydrogen) atoms. The quantitative estimate of drug-likeness (QED) is 0.162. The number of ether oxygens (including phenoxy) is 2. The topological polar surface area (TPSA) is 158 Å². The van der Waals surface area contributed by atoms with Crippen molar-refractivity contribution in [3.05, 3.63) is 97.1 Å². The van der Waals surface area contributed by atoms with Gasteiger partial charge in [-0.15, -0.1) is 0 Å². The highest BCUT2D eigenvalue weighted by atomic mass is 35.5. The first-order chi connectivity index (χ1) is 17.2. The van der Waals surface area contributed by atoms with Crippen molar-refractivity contribution in [2.45, 2.75) is 6.92 Å². The Kier molecular flexibility index (Phi) is 8.17. The minimum absolute atomic E-state index is 0.0927. The number of hydrogen-bond donors (Lipinski definition) is 1. The van der Waals surface area contributed by atoms with E-state index in [0.29, 0.717) is 16.3 Å². The van der Waals surface area contributed by atoms with Crippen molar-refractivity contribution >= 4 is 40.6 Å². The van der Waals surface area contributed by atoms with Crippen LogP contribution >= 0.6 is 11.6 Å². The van der Waals surface area contributed by atoms with Gasteiger partial charge in [0.1, 0.15) is 11.6 Å². The van der Waals surface area contributed by atoms with Gasteiger partial charge in [0.15, 0.2) is 11.5 Å². The van der Waals surface area contributed by atoms with Crippen LogP contribution in [0.25, 0.3) is 6.08 Å². The molecule has 3 rings (SSSR count). The summed E-state index contributed by atoms with van der Waals surface area (Å²) in [5.41, 5.74) is -0.366. The van der Waals surface area contributed by atoms with Gasteiger partial charge in [0.05, 0.1) is 22.5 Å². The molecule has 182 valence electrons. The number of hydrogen-bond acceptors (Lipinski definition) is 8. The molecular formula is C24H17ClN4O7. The molecule has 0 saturated carbocycles.